The van der Waals surface area contributed by atoms with Crippen LogP contribution in [0.4, 0.5) is 0 Å². The van der Waals surface area contributed by atoms with Crippen LogP contribution < -0.4 is 5.32 Å². The fourth-order valence-corrected chi connectivity index (χ4v) is 3.10. The highest BCUT2D eigenvalue weighted by Crippen LogP contribution is 2.23. The highest BCUT2D eigenvalue weighted by molar-refractivity contribution is 5.14. The monoisotopic (exact) mass is 273 g/mol. The summed E-state index contributed by atoms with van der Waals surface area (Å²) in [6.07, 6.45) is 7.38. The van der Waals surface area contributed by atoms with Crippen LogP contribution in [0.3, 0.4) is 0 Å². The normalized spacial score (nSPS) is 27.7. The van der Waals surface area contributed by atoms with Crippen molar-refractivity contribution in [3.8, 4) is 0 Å². The van der Waals surface area contributed by atoms with Gasteiger partial charge in [-0.05, 0) is 56.7 Å². The zero-order valence-electron chi connectivity index (χ0n) is 12.8. The van der Waals surface area contributed by atoms with Crippen molar-refractivity contribution in [2.24, 2.45) is 5.92 Å². The number of nitrogens with one attached hydrogen (secondary N) is 1. The molecule has 1 aliphatic carbocycles. The molecule has 1 saturated heterocycles. The van der Waals surface area contributed by atoms with Crippen molar-refractivity contribution in [1.29, 1.82) is 0 Å². The van der Waals surface area contributed by atoms with Crippen LogP contribution in [-0.2, 0) is 13.1 Å². The number of nitrogens with zero attached hydrogens (tertiary/aromatic N) is 2. The summed E-state index contributed by atoms with van der Waals surface area (Å²) in [6, 6.07) is 5.89. The maximum absolute atomic E-state index is 4.64. The molecule has 1 N–H and O–H groups in total. The van der Waals surface area contributed by atoms with Gasteiger partial charge < -0.3 is 5.32 Å². The first kappa shape index (κ1) is 14.0. The molecule has 1 saturated carbocycles. The molecule has 3 rings (SSSR count). The third-order valence-corrected chi connectivity index (χ3v) is 4.70. The molecule has 1 aliphatic heterocycles. The van der Waals surface area contributed by atoms with E-state index in [9.17, 15) is 0 Å². The van der Waals surface area contributed by atoms with Crippen molar-refractivity contribution in [2.75, 3.05) is 6.54 Å². The first-order valence-corrected chi connectivity index (χ1v) is 8.12. The van der Waals surface area contributed by atoms with E-state index in [1.807, 2.05) is 6.20 Å². The summed E-state index contributed by atoms with van der Waals surface area (Å²) in [5, 5.41) is 3.54. The van der Waals surface area contributed by atoms with Crippen LogP contribution >= 0.6 is 0 Å². The Morgan fingerprint density at radius 3 is 2.75 bits per heavy atom. The van der Waals surface area contributed by atoms with Crippen LogP contribution in [-0.4, -0.2) is 28.5 Å². The quantitative estimate of drug-likeness (QED) is 0.894. The van der Waals surface area contributed by atoms with E-state index in [1.165, 1.54) is 43.5 Å². The lowest BCUT2D eigenvalue weighted by atomic mass is 9.93. The average Bonchev–Trinajstić information content (AvgIpc) is 3.25. The van der Waals surface area contributed by atoms with Gasteiger partial charge in [0.1, 0.15) is 0 Å². The van der Waals surface area contributed by atoms with E-state index in [2.05, 4.69) is 41.2 Å². The standard InChI is InChI=1S/C17H27N3/c1-13-7-8-20(14(2)9-13)12-17-4-3-15(11-19-17)10-18-16-5-6-16/h3-4,11,13-14,16,18H,5-10,12H2,1-2H3. The molecule has 2 aliphatic rings. The molecule has 2 heterocycles. The smallest absolute Gasteiger partial charge is 0.0544 e. The Morgan fingerprint density at radius 1 is 1.25 bits per heavy atom. The topological polar surface area (TPSA) is 28.2 Å². The number of piperidine rings is 1. The predicted molar refractivity (Wildman–Crippen MR) is 82.4 cm³/mol. The fourth-order valence-electron chi connectivity index (χ4n) is 3.10. The van der Waals surface area contributed by atoms with Crippen molar-refractivity contribution in [3.05, 3.63) is 29.6 Å². The Balaban J connectivity index is 1.51. The summed E-state index contributed by atoms with van der Waals surface area (Å²) in [5.41, 5.74) is 2.52. The van der Waals surface area contributed by atoms with E-state index in [0.29, 0.717) is 6.04 Å². The molecule has 2 fully saturated rings. The number of aromatic nitrogens is 1. The first-order chi connectivity index (χ1) is 9.70. The molecule has 3 nitrogen and oxygen atoms in total. The summed E-state index contributed by atoms with van der Waals surface area (Å²) in [7, 11) is 0. The number of hydrogen-bond donors (Lipinski definition) is 1. The highest BCUT2D eigenvalue weighted by Gasteiger charge is 2.23. The highest BCUT2D eigenvalue weighted by atomic mass is 15.2. The first-order valence-electron chi connectivity index (χ1n) is 8.12. The molecule has 0 radical (unpaired) electrons. The molecular formula is C17H27N3. The van der Waals surface area contributed by atoms with Crippen LogP contribution in [0, 0.1) is 5.92 Å². The van der Waals surface area contributed by atoms with Crippen molar-refractivity contribution in [3.63, 3.8) is 0 Å². The zero-order valence-corrected chi connectivity index (χ0v) is 12.8. The van der Waals surface area contributed by atoms with Crippen LogP contribution in [0.15, 0.2) is 18.3 Å². The van der Waals surface area contributed by atoms with E-state index in [0.717, 1.165) is 25.0 Å². The Hall–Kier alpha value is -0.930. The molecule has 1 aromatic heterocycles. The molecular weight excluding hydrogens is 246 g/mol. The Kier molecular flexibility index (Phi) is 4.37. The minimum Gasteiger partial charge on any atom is -0.310 e. The lowest BCUT2D eigenvalue weighted by Gasteiger charge is -2.36. The summed E-state index contributed by atoms with van der Waals surface area (Å²) in [4.78, 5) is 7.22. The Morgan fingerprint density at radius 2 is 2.10 bits per heavy atom. The minimum atomic E-state index is 0.691. The van der Waals surface area contributed by atoms with Gasteiger partial charge in [0.25, 0.3) is 0 Å². The van der Waals surface area contributed by atoms with E-state index in [4.69, 9.17) is 0 Å². The molecule has 0 bridgehead atoms. The van der Waals surface area contributed by atoms with Gasteiger partial charge in [-0.3, -0.25) is 9.88 Å². The van der Waals surface area contributed by atoms with Crippen LogP contribution in [0.2, 0.25) is 0 Å². The van der Waals surface area contributed by atoms with Gasteiger partial charge in [0, 0.05) is 31.4 Å². The van der Waals surface area contributed by atoms with E-state index >= 15 is 0 Å². The predicted octanol–water partition coefficient (Wildman–Crippen LogP) is 2.95. The maximum atomic E-state index is 4.64. The lowest BCUT2D eigenvalue weighted by molar-refractivity contribution is 0.120. The summed E-state index contributed by atoms with van der Waals surface area (Å²) >= 11 is 0. The molecule has 1 aromatic rings. The Labute approximate surface area is 122 Å². The molecule has 0 aromatic carbocycles. The van der Waals surface area contributed by atoms with E-state index in [-0.39, 0.29) is 0 Å². The lowest BCUT2D eigenvalue weighted by Crippen LogP contribution is -2.39. The van der Waals surface area contributed by atoms with Gasteiger partial charge in [0.2, 0.25) is 0 Å². The summed E-state index contributed by atoms with van der Waals surface area (Å²) in [5.74, 6) is 0.880. The number of rotatable bonds is 5. The number of pyridine rings is 1. The molecule has 0 spiro atoms. The van der Waals surface area contributed by atoms with E-state index in [1.54, 1.807) is 0 Å². The van der Waals surface area contributed by atoms with Crippen molar-refractivity contribution in [2.45, 2.75) is 64.7 Å². The second-order valence-electron chi connectivity index (χ2n) is 6.76. The fraction of sp³-hybridized carbons (Fsp3) is 0.706. The van der Waals surface area contributed by atoms with Gasteiger partial charge in [-0.25, -0.2) is 0 Å². The Bertz CT molecular complexity index is 424. The van der Waals surface area contributed by atoms with Gasteiger partial charge in [-0.15, -0.1) is 0 Å². The van der Waals surface area contributed by atoms with Crippen molar-refractivity contribution >= 4 is 0 Å². The SMILES string of the molecule is CC1CCN(Cc2ccc(CNC3CC3)cn2)C(C)C1. The zero-order chi connectivity index (χ0) is 13.9. The van der Waals surface area contributed by atoms with Crippen molar-refractivity contribution < 1.29 is 0 Å². The van der Waals surface area contributed by atoms with Crippen LogP contribution in [0.1, 0.15) is 50.8 Å². The van der Waals surface area contributed by atoms with Gasteiger partial charge in [0.05, 0.1) is 5.69 Å². The maximum Gasteiger partial charge on any atom is 0.0544 e. The molecule has 2 atom stereocenters. The van der Waals surface area contributed by atoms with Gasteiger partial charge in [-0.1, -0.05) is 13.0 Å². The second kappa shape index (κ2) is 6.23. The largest absolute Gasteiger partial charge is 0.310 e. The molecule has 2 unspecified atom stereocenters. The average molecular weight is 273 g/mol. The van der Waals surface area contributed by atoms with Gasteiger partial charge >= 0.3 is 0 Å². The number of hydrogen-bond acceptors (Lipinski definition) is 3. The number of likely N-dealkylation sites (tertiary alicyclic amines) is 1. The molecule has 0 amide bonds. The third-order valence-electron chi connectivity index (χ3n) is 4.70. The molecule has 20 heavy (non-hydrogen) atoms. The van der Waals surface area contributed by atoms with Crippen LogP contribution in [0.25, 0.3) is 0 Å². The van der Waals surface area contributed by atoms with E-state index < -0.39 is 0 Å². The van der Waals surface area contributed by atoms with Crippen molar-refractivity contribution in [1.82, 2.24) is 15.2 Å². The molecule has 110 valence electrons. The third kappa shape index (κ3) is 3.80. The molecule has 3 heteroatoms. The summed E-state index contributed by atoms with van der Waals surface area (Å²) in [6.45, 7) is 7.91. The summed E-state index contributed by atoms with van der Waals surface area (Å²) < 4.78 is 0. The van der Waals surface area contributed by atoms with Gasteiger partial charge in [-0.2, -0.15) is 0 Å². The minimum absolute atomic E-state index is 0.691. The van der Waals surface area contributed by atoms with Crippen LogP contribution in [0.5, 0.6) is 0 Å². The second-order valence-corrected chi connectivity index (χ2v) is 6.76. The van der Waals surface area contributed by atoms with Gasteiger partial charge in [0.15, 0.2) is 0 Å².